The van der Waals surface area contributed by atoms with Gasteiger partial charge in [-0.25, -0.2) is 4.79 Å². The van der Waals surface area contributed by atoms with Crippen LogP contribution in [0.15, 0.2) is 18.2 Å². The van der Waals surface area contributed by atoms with Gasteiger partial charge in [-0.1, -0.05) is 38.7 Å². The van der Waals surface area contributed by atoms with Crippen molar-refractivity contribution in [1.82, 2.24) is 9.80 Å². The van der Waals surface area contributed by atoms with E-state index in [0.29, 0.717) is 12.1 Å². The molecule has 0 atom stereocenters. The van der Waals surface area contributed by atoms with E-state index in [9.17, 15) is 4.79 Å². The SMILES string of the molecule is CCCCCN(C)CCCCCCO[C@H]1CC[C@H](N(C)C(=O)Nc2ccc(C)c(C)c2)CC1. The zero-order valence-corrected chi connectivity index (χ0v) is 22.0. The van der Waals surface area contributed by atoms with Gasteiger partial charge < -0.3 is 19.9 Å². The van der Waals surface area contributed by atoms with Gasteiger partial charge in [-0.3, -0.25) is 0 Å². The molecule has 1 aliphatic rings. The van der Waals surface area contributed by atoms with Crippen molar-refractivity contribution in [1.29, 1.82) is 0 Å². The molecule has 1 aromatic carbocycles. The Kier molecular flexibility index (Phi) is 12.9. The topological polar surface area (TPSA) is 44.8 Å². The number of aryl methyl sites for hydroxylation is 2. The summed E-state index contributed by atoms with van der Waals surface area (Å²) in [7, 11) is 4.17. The number of amides is 2. The second kappa shape index (κ2) is 15.3. The van der Waals surface area contributed by atoms with Crippen molar-refractivity contribution in [2.45, 2.75) is 104 Å². The maximum absolute atomic E-state index is 12.7. The summed E-state index contributed by atoms with van der Waals surface area (Å²) in [6.07, 6.45) is 13.5. The predicted octanol–water partition coefficient (Wildman–Crippen LogP) is 6.78. The van der Waals surface area contributed by atoms with Crippen molar-refractivity contribution in [3.63, 3.8) is 0 Å². The molecule has 5 heteroatoms. The number of hydrogen-bond acceptors (Lipinski definition) is 3. The molecule has 2 amide bonds. The van der Waals surface area contributed by atoms with Crippen molar-refractivity contribution < 1.29 is 9.53 Å². The van der Waals surface area contributed by atoms with Gasteiger partial charge in [0.2, 0.25) is 0 Å². The van der Waals surface area contributed by atoms with Crippen LogP contribution in [0.3, 0.4) is 0 Å². The monoisotopic (exact) mass is 459 g/mol. The van der Waals surface area contributed by atoms with Crippen LogP contribution in [0.4, 0.5) is 10.5 Å². The van der Waals surface area contributed by atoms with Crippen LogP contribution in [0.1, 0.15) is 88.7 Å². The van der Waals surface area contributed by atoms with Crippen LogP contribution in [-0.2, 0) is 4.74 Å². The lowest BCUT2D eigenvalue weighted by Gasteiger charge is -2.34. The maximum Gasteiger partial charge on any atom is 0.321 e. The minimum Gasteiger partial charge on any atom is -0.378 e. The van der Waals surface area contributed by atoms with E-state index < -0.39 is 0 Å². The molecule has 0 aliphatic heterocycles. The van der Waals surface area contributed by atoms with Crippen molar-refractivity contribution >= 4 is 11.7 Å². The smallest absolute Gasteiger partial charge is 0.321 e. The highest BCUT2D eigenvalue weighted by Crippen LogP contribution is 2.25. The summed E-state index contributed by atoms with van der Waals surface area (Å²) in [5.41, 5.74) is 3.31. The van der Waals surface area contributed by atoms with Crippen molar-refractivity contribution in [3.8, 4) is 0 Å². The van der Waals surface area contributed by atoms with E-state index in [1.807, 2.05) is 24.1 Å². The molecular formula is C28H49N3O2. The van der Waals surface area contributed by atoms with Gasteiger partial charge in [0.05, 0.1) is 6.10 Å². The van der Waals surface area contributed by atoms with E-state index in [4.69, 9.17) is 4.74 Å². The van der Waals surface area contributed by atoms with Crippen molar-refractivity contribution in [2.24, 2.45) is 0 Å². The summed E-state index contributed by atoms with van der Waals surface area (Å²) < 4.78 is 6.16. The Balaban J connectivity index is 1.53. The molecular weight excluding hydrogens is 410 g/mol. The normalized spacial score (nSPS) is 18.5. The van der Waals surface area contributed by atoms with E-state index in [1.54, 1.807) is 0 Å². The largest absolute Gasteiger partial charge is 0.378 e. The van der Waals surface area contributed by atoms with Gasteiger partial charge in [-0.05, 0) is 102 Å². The molecule has 0 unspecified atom stereocenters. The van der Waals surface area contributed by atoms with Crippen LogP contribution in [0.2, 0.25) is 0 Å². The maximum atomic E-state index is 12.7. The molecule has 2 rings (SSSR count). The average molecular weight is 460 g/mol. The van der Waals surface area contributed by atoms with Crippen LogP contribution in [0.25, 0.3) is 0 Å². The van der Waals surface area contributed by atoms with Gasteiger partial charge in [0, 0.05) is 25.4 Å². The van der Waals surface area contributed by atoms with Gasteiger partial charge in [-0.2, -0.15) is 0 Å². The van der Waals surface area contributed by atoms with Crippen LogP contribution >= 0.6 is 0 Å². The predicted molar refractivity (Wildman–Crippen MR) is 140 cm³/mol. The van der Waals surface area contributed by atoms with Crippen LogP contribution in [-0.4, -0.2) is 61.8 Å². The van der Waals surface area contributed by atoms with E-state index in [1.165, 1.54) is 62.7 Å². The van der Waals surface area contributed by atoms with Gasteiger partial charge in [-0.15, -0.1) is 0 Å². The Labute approximate surface area is 203 Å². The molecule has 1 fully saturated rings. The quantitative estimate of drug-likeness (QED) is 0.312. The minimum atomic E-state index is -0.0152. The first kappa shape index (κ1) is 27.7. The molecule has 0 bridgehead atoms. The summed E-state index contributed by atoms with van der Waals surface area (Å²) in [6, 6.07) is 6.35. The Bertz CT molecular complexity index is 686. The van der Waals surface area contributed by atoms with E-state index >= 15 is 0 Å². The number of carbonyl (C=O) groups is 1. The van der Waals surface area contributed by atoms with Gasteiger partial charge in [0.1, 0.15) is 0 Å². The van der Waals surface area contributed by atoms with Gasteiger partial charge >= 0.3 is 6.03 Å². The standard InChI is InChI=1S/C28H49N3O2/c1-6-7-10-19-30(4)20-11-8-9-12-21-33-27-17-15-26(16-18-27)31(5)28(32)29-25-14-13-23(2)24(3)22-25/h13-14,22,26-27H,6-12,15-21H2,1-5H3,(H,29,32)/t26-,27-. The molecule has 1 aromatic rings. The third kappa shape index (κ3) is 10.5. The number of nitrogens with one attached hydrogen (secondary N) is 1. The zero-order chi connectivity index (χ0) is 24.1. The van der Waals surface area contributed by atoms with Gasteiger partial charge in [0.15, 0.2) is 0 Å². The molecule has 188 valence electrons. The first-order valence-corrected chi connectivity index (χ1v) is 13.3. The molecule has 33 heavy (non-hydrogen) atoms. The Morgan fingerprint density at radius 3 is 2.27 bits per heavy atom. The van der Waals surface area contributed by atoms with E-state index in [-0.39, 0.29) is 6.03 Å². The summed E-state index contributed by atoms with van der Waals surface area (Å²) >= 11 is 0. The van der Waals surface area contributed by atoms with E-state index in [0.717, 1.165) is 44.4 Å². The van der Waals surface area contributed by atoms with Gasteiger partial charge in [0.25, 0.3) is 0 Å². The molecule has 1 N–H and O–H groups in total. The summed E-state index contributed by atoms with van der Waals surface area (Å²) in [4.78, 5) is 17.0. The number of ether oxygens (including phenoxy) is 1. The Hall–Kier alpha value is -1.59. The summed E-state index contributed by atoms with van der Waals surface area (Å²) in [6.45, 7) is 9.76. The molecule has 1 aliphatic carbocycles. The van der Waals surface area contributed by atoms with Crippen LogP contribution < -0.4 is 5.32 Å². The molecule has 1 saturated carbocycles. The molecule has 0 radical (unpaired) electrons. The van der Waals surface area contributed by atoms with Crippen molar-refractivity contribution in [2.75, 3.05) is 39.1 Å². The molecule has 0 heterocycles. The number of hydrogen-bond donors (Lipinski definition) is 1. The lowest BCUT2D eigenvalue weighted by atomic mass is 9.92. The Morgan fingerprint density at radius 1 is 0.939 bits per heavy atom. The summed E-state index contributed by atoms with van der Waals surface area (Å²) in [5, 5.41) is 3.05. The van der Waals surface area contributed by atoms with Crippen LogP contribution in [0.5, 0.6) is 0 Å². The number of urea groups is 1. The molecule has 0 saturated heterocycles. The fourth-order valence-corrected chi connectivity index (χ4v) is 4.63. The number of anilines is 1. The first-order valence-electron chi connectivity index (χ1n) is 13.3. The number of unbranched alkanes of at least 4 members (excludes halogenated alkanes) is 5. The fourth-order valence-electron chi connectivity index (χ4n) is 4.63. The van der Waals surface area contributed by atoms with Crippen molar-refractivity contribution in [3.05, 3.63) is 29.3 Å². The number of benzene rings is 1. The minimum absolute atomic E-state index is 0.0152. The average Bonchev–Trinajstić information content (AvgIpc) is 2.81. The molecule has 5 nitrogen and oxygen atoms in total. The lowest BCUT2D eigenvalue weighted by Crippen LogP contribution is -2.42. The van der Waals surface area contributed by atoms with E-state index in [2.05, 4.69) is 44.1 Å². The zero-order valence-electron chi connectivity index (χ0n) is 22.0. The highest BCUT2D eigenvalue weighted by atomic mass is 16.5. The Morgan fingerprint density at radius 2 is 1.61 bits per heavy atom. The molecule has 0 spiro atoms. The highest BCUT2D eigenvalue weighted by Gasteiger charge is 2.27. The third-order valence-electron chi connectivity index (χ3n) is 7.20. The number of nitrogens with zero attached hydrogens (tertiary/aromatic N) is 2. The first-order chi connectivity index (χ1) is 15.9. The fraction of sp³-hybridized carbons (Fsp3) is 0.750. The second-order valence-corrected chi connectivity index (χ2v) is 10.1. The number of carbonyl (C=O) groups excluding carboxylic acids is 1. The van der Waals surface area contributed by atoms with Crippen LogP contribution in [0, 0.1) is 13.8 Å². The summed E-state index contributed by atoms with van der Waals surface area (Å²) in [5.74, 6) is 0. The second-order valence-electron chi connectivity index (χ2n) is 10.1. The molecule has 0 aromatic heterocycles. The lowest BCUT2D eigenvalue weighted by molar-refractivity contribution is 0.0130. The number of rotatable bonds is 14. The third-order valence-corrected chi connectivity index (χ3v) is 7.20. The highest BCUT2D eigenvalue weighted by molar-refractivity contribution is 5.89.